The van der Waals surface area contributed by atoms with Crippen LogP contribution in [0.3, 0.4) is 0 Å². The summed E-state index contributed by atoms with van der Waals surface area (Å²) in [4.78, 5) is 25.6. The summed E-state index contributed by atoms with van der Waals surface area (Å²) >= 11 is 0. The van der Waals surface area contributed by atoms with Crippen LogP contribution in [-0.4, -0.2) is 24.8 Å². The van der Waals surface area contributed by atoms with Crippen molar-refractivity contribution in [3.8, 4) is 0 Å². The molecule has 114 valence electrons. The van der Waals surface area contributed by atoms with Crippen molar-refractivity contribution in [1.29, 1.82) is 0 Å². The highest BCUT2D eigenvalue weighted by molar-refractivity contribution is 6.16. The Morgan fingerprint density at radius 2 is 1.27 bits per heavy atom. The summed E-state index contributed by atoms with van der Waals surface area (Å²) < 4.78 is 5.41. The van der Waals surface area contributed by atoms with Gasteiger partial charge in [-0.3, -0.25) is 9.59 Å². The van der Waals surface area contributed by atoms with Crippen LogP contribution >= 0.6 is 0 Å². The van der Waals surface area contributed by atoms with E-state index in [1.807, 2.05) is 19.1 Å². The van der Waals surface area contributed by atoms with Gasteiger partial charge in [-0.1, -0.05) is 67.6 Å². The van der Waals surface area contributed by atoms with Crippen LogP contribution in [0.1, 0.15) is 34.1 Å². The minimum absolute atomic E-state index is 0.192. The molecule has 3 heteroatoms. The average Bonchev–Trinajstić information content (AvgIpc) is 2.60. The molecule has 2 rings (SSSR count). The zero-order chi connectivity index (χ0) is 15.9. The van der Waals surface area contributed by atoms with Crippen LogP contribution < -0.4 is 0 Å². The summed E-state index contributed by atoms with van der Waals surface area (Å²) in [6.07, 6.45) is 0.165. The summed E-state index contributed by atoms with van der Waals surface area (Å²) in [6, 6.07) is 17.8. The largest absolute Gasteiger partial charge is 0.380 e. The molecule has 1 atom stereocenters. The molecule has 0 fully saturated rings. The second-order valence-electron chi connectivity index (χ2n) is 5.12. The zero-order valence-corrected chi connectivity index (χ0v) is 12.9. The molecule has 0 amide bonds. The number of ketones is 2. The molecular weight excluding hydrogens is 276 g/mol. The first-order valence-electron chi connectivity index (χ1n) is 7.40. The van der Waals surface area contributed by atoms with Crippen LogP contribution in [-0.2, 0) is 4.74 Å². The van der Waals surface area contributed by atoms with E-state index < -0.39 is 12.0 Å². The van der Waals surface area contributed by atoms with Gasteiger partial charge in [-0.2, -0.15) is 0 Å². The monoisotopic (exact) mass is 296 g/mol. The third-order valence-electron chi connectivity index (χ3n) is 3.76. The summed E-state index contributed by atoms with van der Waals surface area (Å²) in [6.45, 7) is 1.91. The van der Waals surface area contributed by atoms with E-state index in [1.54, 1.807) is 48.5 Å². The molecule has 0 saturated heterocycles. The molecule has 0 bridgehead atoms. The maximum absolute atomic E-state index is 12.8. The fraction of sp³-hybridized carbons (Fsp3) is 0.263. The van der Waals surface area contributed by atoms with Crippen LogP contribution in [0.4, 0.5) is 0 Å². The normalized spacial score (nSPS) is 12.1. The molecule has 0 N–H and O–H groups in total. The quantitative estimate of drug-likeness (QED) is 0.576. The lowest BCUT2D eigenvalue weighted by Crippen LogP contribution is -2.36. The Kier molecular flexibility index (Phi) is 5.61. The van der Waals surface area contributed by atoms with E-state index in [9.17, 15) is 9.59 Å². The van der Waals surface area contributed by atoms with E-state index in [0.717, 1.165) is 0 Å². The van der Waals surface area contributed by atoms with Crippen molar-refractivity contribution in [3.63, 3.8) is 0 Å². The summed E-state index contributed by atoms with van der Waals surface area (Å²) in [5.74, 6) is -1.20. The number of methoxy groups -OCH3 is 1. The first kappa shape index (κ1) is 16.1. The van der Waals surface area contributed by atoms with Gasteiger partial charge in [0, 0.05) is 18.2 Å². The zero-order valence-electron chi connectivity index (χ0n) is 12.9. The maximum atomic E-state index is 12.8. The Labute approximate surface area is 130 Å². The van der Waals surface area contributed by atoms with Crippen LogP contribution in [0.2, 0.25) is 0 Å². The molecule has 2 aromatic rings. The molecule has 0 aromatic heterocycles. The van der Waals surface area contributed by atoms with Gasteiger partial charge in [0.2, 0.25) is 0 Å². The Hall–Kier alpha value is -2.26. The second-order valence-corrected chi connectivity index (χ2v) is 5.12. The van der Waals surface area contributed by atoms with Crippen LogP contribution in [0, 0.1) is 5.92 Å². The first-order valence-corrected chi connectivity index (χ1v) is 7.40. The highest BCUT2D eigenvalue weighted by atomic mass is 16.5. The van der Waals surface area contributed by atoms with Crippen molar-refractivity contribution in [2.75, 3.05) is 7.11 Å². The summed E-state index contributed by atoms with van der Waals surface area (Å²) in [5, 5.41) is 0. The van der Waals surface area contributed by atoms with Gasteiger partial charge in [0.15, 0.2) is 11.6 Å². The predicted molar refractivity (Wildman–Crippen MR) is 86.1 cm³/mol. The molecule has 0 aliphatic rings. The van der Waals surface area contributed by atoms with Gasteiger partial charge in [-0.05, 0) is 6.42 Å². The number of Topliss-reactive ketones (excluding diaryl/α,β-unsaturated/α-hetero) is 2. The highest BCUT2D eigenvalue weighted by Gasteiger charge is 2.35. The topological polar surface area (TPSA) is 43.4 Å². The van der Waals surface area contributed by atoms with E-state index in [0.29, 0.717) is 17.5 Å². The molecule has 0 spiro atoms. The molecule has 1 unspecified atom stereocenters. The number of hydrogen-bond donors (Lipinski definition) is 0. The lowest BCUT2D eigenvalue weighted by molar-refractivity contribution is 0.0387. The number of ether oxygens (including phenoxy) is 1. The summed E-state index contributed by atoms with van der Waals surface area (Å²) in [5.41, 5.74) is 1.07. The van der Waals surface area contributed by atoms with Gasteiger partial charge in [0.25, 0.3) is 0 Å². The summed E-state index contributed by atoms with van der Waals surface area (Å²) in [7, 11) is 1.54. The van der Waals surface area contributed by atoms with E-state index in [1.165, 1.54) is 7.11 Å². The Morgan fingerprint density at radius 3 is 1.59 bits per heavy atom. The smallest absolute Gasteiger partial charge is 0.176 e. The lowest BCUT2D eigenvalue weighted by Gasteiger charge is -2.23. The van der Waals surface area contributed by atoms with Crippen LogP contribution in [0.25, 0.3) is 0 Å². The van der Waals surface area contributed by atoms with E-state index in [2.05, 4.69) is 0 Å². The minimum atomic E-state index is -0.820. The number of benzene rings is 2. The Bertz CT molecular complexity index is 564. The molecule has 22 heavy (non-hydrogen) atoms. The first-order chi connectivity index (χ1) is 10.7. The van der Waals surface area contributed by atoms with Crippen molar-refractivity contribution < 1.29 is 14.3 Å². The average molecular weight is 296 g/mol. The van der Waals surface area contributed by atoms with Gasteiger partial charge < -0.3 is 4.74 Å². The number of hydrogen-bond acceptors (Lipinski definition) is 3. The molecule has 2 aromatic carbocycles. The third-order valence-corrected chi connectivity index (χ3v) is 3.76. The van der Waals surface area contributed by atoms with E-state index in [4.69, 9.17) is 4.74 Å². The van der Waals surface area contributed by atoms with Crippen LogP contribution in [0.5, 0.6) is 0 Å². The molecule has 0 radical (unpaired) electrons. The molecule has 0 saturated carbocycles. The van der Waals surface area contributed by atoms with Crippen molar-refractivity contribution in [1.82, 2.24) is 0 Å². The van der Waals surface area contributed by atoms with Gasteiger partial charge in [0.1, 0.15) is 5.92 Å². The fourth-order valence-electron chi connectivity index (χ4n) is 2.56. The number of rotatable bonds is 7. The van der Waals surface area contributed by atoms with Gasteiger partial charge in [-0.25, -0.2) is 0 Å². The van der Waals surface area contributed by atoms with E-state index >= 15 is 0 Å². The third kappa shape index (κ3) is 3.49. The Morgan fingerprint density at radius 1 is 0.864 bits per heavy atom. The van der Waals surface area contributed by atoms with Crippen molar-refractivity contribution in [2.24, 2.45) is 5.92 Å². The lowest BCUT2D eigenvalue weighted by atomic mass is 9.84. The SMILES string of the molecule is CCC(OC)C(C(=O)c1ccccc1)C(=O)c1ccccc1. The second kappa shape index (κ2) is 7.66. The molecule has 0 aliphatic heterocycles. The number of carbonyl (C=O) groups is 2. The van der Waals surface area contributed by atoms with Gasteiger partial charge in [-0.15, -0.1) is 0 Å². The van der Waals surface area contributed by atoms with Crippen LogP contribution in [0.15, 0.2) is 60.7 Å². The van der Waals surface area contributed by atoms with Crippen molar-refractivity contribution in [3.05, 3.63) is 71.8 Å². The van der Waals surface area contributed by atoms with E-state index in [-0.39, 0.29) is 11.6 Å². The molecule has 0 heterocycles. The minimum Gasteiger partial charge on any atom is -0.380 e. The fourth-order valence-corrected chi connectivity index (χ4v) is 2.56. The standard InChI is InChI=1S/C19H20O3/c1-3-16(22-2)17(18(20)14-10-6-4-7-11-14)19(21)15-12-8-5-9-13-15/h4-13,16-17H,3H2,1-2H3. The number of carbonyl (C=O) groups excluding carboxylic acids is 2. The van der Waals surface area contributed by atoms with Gasteiger partial charge >= 0.3 is 0 Å². The van der Waals surface area contributed by atoms with Crippen molar-refractivity contribution >= 4 is 11.6 Å². The maximum Gasteiger partial charge on any atom is 0.176 e. The van der Waals surface area contributed by atoms with Crippen molar-refractivity contribution in [2.45, 2.75) is 19.4 Å². The Balaban J connectivity index is 2.39. The van der Waals surface area contributed by atoms with Gasteiger partial charge in [0.05, 0.1) is 6.10 Å². The highest BCUT2D eigenvalue weighted by Crippen LogP contribution is 2.22. The predicted octanol–water partition coefficient (Wildman–Crippen LogP) is 3.79. The molecule has 0 aliphatic carbocycles. The molecule has 3 nitrogen and oxygen atoms in total. The molecular formula is C19H20O3.